The van der Waals surface area contributed by atoms with E-state index >= 15 is 0 Å². The molecule has 10 aromatic carbocycles. The standard InChI is InChI=1S/C52H36N2P2/c1-3-21-41(22-4-1)55-47-29-27-35-15-11-13-25-43(35)51(47)54-52-44-26-14-12-16-36(44)28-30-48(52)56(42-23-5-2-6-24-42)50-34-40-20-10-8-18-38(40)32-46(50)53-45-31-37-17-7-9-19-39(37)33-49(45)55/h1-34,53-54H. The zero-order valence-electron chi connectivity index (χ0n) is 30.5. The molecule has 2 unspecified atom stereocenters. The third-order valence-electron chi connectivity index (χ3n) is 11.1. The van der Waals surface area contributed by atoms with Gasteiger partial charge in [-0.2, -0.15) is 0 Å². The molecular formula is C52H36N2P2. The van der Waals surface area contributed by atoms with Crippen LogP contribution in [-0.2, 0) is 0 Å². The Balaban J connectivity index is 1.33. The summed E-state index contributed by atoms with van der Waals surface area (Å²) in [7, 11) is -2.14. The van der Waals surface area contributed by atoms with Crippen molar-refractivity contribution in [1.82, 2.24) is 0 Å². The first kappa shape index (κ1) is 33.1. The highest BCUT2D eigenvalue weighted by Gasteiger charge is 2.30. The average molecular weight is 751 g/mol. The summed E-state index contributed by atoms with van der Waals surface area (Å²) in [5.41, 5.74) is 4.60. The molecular weight excluding hydrogens is 715 g/mol. The van der Waals surface area contributed by atoms with Gasteiger partial charge in [0, 0.05) is 43.4 Å². The van der Waals surface area contributed by atoms with Crippen molar-refractivity contribution in [1.29, 1.82) is 0 Å². The molecule has 0 radical (unpaired) electrons. The second kappa shape index (κ2) is 13.8. The first-order chi connectivity index (χ1) is 27.8. The van der Waals surface area contributed by atoms with Gasteiger partial charge in [-0.3, -0.25) is 0 Å². The Bertz CT molecular complexity index is 2900. The van der Waals surface area contributed by atoms with E-state index in [1.165, 1.54) is 74.9 Å². The van der Waals surface area contributed by atoms with Gasteiger partial charge in [-0.05, 0) is 83.0 Å². The molecule has 0 saturated carbocycles. The van der Waals surface area contributed by atoms with Gasteiger partial charge in [0.2, 0.25) is 0 Å². The molecule has 2 nitrogen and oxygen atoms in total. The van der Waals surface area contributed by atoms with E-state index in [0.717, 1.165) is 22.7 Å². The van der Waals surface area contributed by atoms with Gasteiger partial charge in [-0.15, -0.1) is 0 Å². The summed E-state index contributed by atoms with van der Waals surface area (Å²) in [4.78, 5) is 0. The summed E-state index contributed by atoms with van der Waals surface area (Å²) in [5, 5.41) is 26.1. The molecule has 1 aliphatic rings. The van der Waals surface area contributed by atoms with Crippen LogP contribution >= 0.6 is 15.8 Å². The van der Waals surface area contributed by atoms with E-state index in [2.05, 4.69) is 217 Å². The minimum absolute atomic E-state index is 1.07. The minimum atomic E-state index is -1.07. The van der Waals surface area contributed by atoms with Gasteiger partial charge in [-0.1, -0.05) is 182 Å². The molecule has 2 N–H and O–H groups in total. The van der Waals surface area contributed by atoms with Crippen LogP contribution in [0.4, 0.5) is 22.7 Å². The van der Waals surface area contributed by atoms with Crippen LogP contribution in [0.3, 0.4) is 0 Å². The maximum Gasteiger partial charge on any atom is 0.0549 e. The Labute approximate surface area is 329 Å². The van der Waals surface area contributed by atoms with E-state index in [0.29, 0.717) is 0 Å². The molecule has 0 aliphatic carbocycles. The lowest BCUT2D eigenvalue weighted by Gasteiger charge is -2.31. The van der Waals surface area contributed by atoms with Crippen LogP contribution in [0.25, 0.3) is 43.1 Å². The monoisotopic (exact) mass is 750 g/mol. The van der Waals surface area contributed by atoms with Crippen LogP contribution in [0.15, 0.2) is 206 Å². The second-order valence-corrected chi connectivity index (χ2v) is 18.7. The predicted molar refractivity (Wildman–Crippen MR) is 247 cm³/mol. The zero-order valence-corrected chi connectivity index (χ0v) is 32.3. The molecule has 10 aromatic rings. The summed E-state index contributed by atoms with van der Waals surface area (Å²) in [6, 6.07) is 76.6. The van der Waals surface area contributed by atoms with Crippen molar-refractivity contribution < 1.29 is 0 Å². The number of nitrogens with one attached hydrogen (secondary N) is 2. The van der Waals surface area contributed by atoms with Crippen molar-refractivity contribution in [2.45, 2.75) is 0 Å². The lowest BCUT2D eigenvalue weighted by Crippen LogP contribution is -2.29. The highest BCUT2D eigenvalue weighted by molar-refractivity contribution is 7.81. The molecule has 0 fully saturated rings. The highest BCUT2D eigenvalue weighted by atomic mass is 31.1. The van der Waals surface area contributed by atoms with Crippen LogP contribution in [0, 0.1) is 0 Å². The van der Waals surface area contributed by atoms with Crippen molar-refractivity contribution in [2.75, 3.05) is 10.6 Å². The van der Waals surface area contributed by atoms with E-state index in [4.69, 9.17) is 0 Å². The van der Waals surface area contributed by atoms with Crippen LogP contribution in [-0.4, -0.2) is 0 Å². The molecule has 11 rings (SSSR count). The Hall–Kier alpha value is -6.30. The fourth-order valence-electron chi connectivity index (χ4n) is 8.42. The quantitative estimate of drug-likeness (QED) is 0.172. The molecule has 0 bridgehead atoms. The van der Waals surface area contributed by atoms with Gasteiger partial charge in [0.1, 0.15) is 0 Å². The van der Waals surface area contributed by atoms with Crippen molar-refractivity contribution in [3.05, 3.63) is 206 Å². The van der Waals surface area contributed by atoms with Crippen LogP contribution in [0.5, 0.6) is 0 Å². The maximum absolute atomic E-state index is 4.29. The second-order valence-electron chi connectivity index (χ2n) is 14.4. The number of anilines is 4. The summed E-state index contributed by atoms with van der Waals surface area (Å²) >= 11 is 0. The van der Waals surface area contributed by atoms with Crippen molar-refractivity contribution in [3.8, 4) is 0 Å². The minimum Gasteiger partial charge on any atom is -0.354 e. The van der Waals surface area contributed by atoms with E-state index in [-0.39, 0.29) is 0 Å². The molecule has 56 heavy (non-hydrogen) atoms. The van der Waals surface area contributed by atoms with Gasteiger partial charge >= 0.3 is 0 Å². The molecule has 0 saturated heterocycles. The van der Waals surface area contributed by atoms with E-state index in [1.54, 1.807) is 0 Å². The Morgan fingerprint density at radius 2 is 0.625 bits per heavy atom. The molecule has 0 spiro atoms. The van der Waals surface area contributed by atoms with Gasteiger partial charge in [0.25, 0.3) is 0 Å². The number of hydrogen-bond donors (Lipinski definition) is 2. The topological polar surface area (TPSA) is 24.1 Å². The predicted octanol–water partition coefficient (Wildman–Crippen LogP) is 11.6. The maximum atomic E-state index is 4.29. The third kappa shape index (κ3) is 5.65. The SMILES string of the molecule is c1ccc(P2c3cc4ccccc4cc3Nc3cc4ccccc4cc3P(c3ccccc3)c3ccc4ccccc4c3Nc3c2ccc2ccccc32)cc1. The average Bonchev–Trinajstić information content (AvgIpc) is 3.25. The van der Waals surface area contributed by atoms with Crippen LogP contribution in [0.2, 0.25) is 0 Å². The van der Waals surface area contributed by atoms with E-state index in [1.807, 2.05) is 0 Å². The van der Waals surface area contributed by atoms with Crippen molar-refractivity contribution in [2.24, 2.45) is 0 Å². The lowest BCUT2D eigenvalue weighted by molar-refractivity contribution is 1.62. The molecule has 264 valence electrons. The summed E-state index contributed by atoms with van der Waals surface area (Å²) < 4.78 is 0. The smallest absolute Gasteiger partial charge is 0.0549 e. The summed E-state index contributed by atoms with van der Waals surface area (Å²) in [5.74, 6) is 0. The Morgan fingerprint density at radius 3 is 1.05 bits per heavy atom. The zero-order chi connectivity index (χ0) is 37.0. The van der Waals surface area contributed by atoms with E-state index < -0.39 is 15.8 Å². The van der Waals surface area contributed by atoms with Gasteiger partial charge in [0.15, 0.2) is 0 Å². The van der Waals surface area contributed by atoms with Gasteiger partial charge in [-0.25, -0.2) is 0 Å². The molecule has 2 atom stereocenters. The normalized spacial score (nSPS) is 15.1. The highest BCUT2D eigenvalue weighted by Crippen LogP contribution is 2.47. The molecule has 4 heteroatoms. The van der Waals surface area contributed by atoms with Crippen molar-refractivity contribution in [3.63, 3.8) is 0 Å². The van der Waals surface area contributed by atoms with Crippen LogP contribution < -0.4 is 42.5 Å². The Morgan fingerprint density at radius 1 is 0.268 bits per heavy atom. The first-order valence-electron chi connectivity index (χ1n) is 19.1. The van der Waals surface area contributed by atoms with Gasteiger partial charge in [0.05, 0.1) is 11.4 Å². The number of rotatable bonds is 2. The van der Waals surface area contributed by atoms with Crippen molar-refractivity contribution >= 4 is 114 Å². The first-order valence-corrected chi connectivity index (χ1v) is 21.8. The van der Waals surface area contributed by atoms with E-state index in [9.17, 15) is 0 Å². The van der Waals surface area contributed by atoms with Crippen LogP contribution in [0.1, 0.15) is 0 Å². The summed E-state index contributed by atoms with van der Waals surface area (Å²) in [6.45, 7) is 0. The largest absolute Gasteiger partial charge is 0.354 e. The fourth-order valence-corrected chi connectivity index (χ4v) is 13.5. The number of benzene rings is 10. The summed E-state index contributed by atoms with van der Waals surface area (Å²) in [6.07, 6.45) is 0. The Kier molecular flexibility index (Phi) is 8.13. The number of fused-ring (bicyclic) bond motifs is 10. The lowest BCUT2D eigenvalue weighted by atomic mass is 10.1. The third-order valence-corrected chi connectivity index (χ3v) is 16.1. The van der Waals surface area contributed by atoms with Gasteiger partial charge < -0.3 is 10.6 Å². The molecule has 1 heterocycles. The molecule has 0 aromatic heterocycles. The number of hydrogen-bond acceptors (Lipinski definition) is 2. The molecule has 1 aliphatic heterocycles. The molecule has 0 amide bonds. The fraction of sp³-hybridized carbons (Fsp3) is 0.